The van der Waals surface area contributed by atoms with Gasteiger partial charge in [0.25, 0.3) is 0 Å². The predicted molar refractivity (Wildman–Crippen MR) is 162 cm³/mol. The van der Waals surface area contributed by atoms with Gasteiger partial charge in [-0.3, -0.25) is 0 Å². The SMILES string of the molecule is COc1cc(P(C)(C)=O)ccc1NCC#Cc1sc2c(NC3CCC(N(C)C)CC3)cccc2c1CC(F)(F)F. The number of anilines is 2. The number of rotatable bonds is 8. The molecule has 40 heavy (non-hydrogen) atoms. The van der Waals surface area contributed by atoms with Gasteiger partial charge in [0.1, 0.15) is 12.9 Å². The predicted octanol–water partition coefficient (Wildman–Crippen LogP) is 7.01. The van der Waals surface area contributed by atoms with E-state index in [2.05, 4.69) is 41.5 Å². The highest BCUT2D eigenvalue weighted by atomic mass is 32.1. The van der Waals surface area contributed by atoms with Crippen LogP contribution in [0, 0.1) is 11.8 Å². The van der Waals surface area contributed by atoms with Gasteiger partial charge >= 0.3 is 6.18 Å². The average Bonchev–Trinajstić information content (AvgIpc) is 3.23. The minimum Gasteiger partial charge on any atom is -0.495 e. The van der Waals surface area contributed by atoms with E-state index in [1.54, 1.807) is 37.6 Å². The van der Waals surface area contributed by atoms with E-state index in [1.165, 1.54) is 18.4 Å². The van der Waals surface area contributed by atoms with E-state index in [-0.39, 0.29) is 12.1 Å². The first-order chi connectivity index (χ1) is 18.9. The molecule has 1 fully saturated rings. The van der Waals surface area contributed by atoms with E-state index < -0.39 is 19.7 Å². The van der Waals surface area contributed by atoms with Crippen molar-refractivity contribution in [3.8, 4) is 17.6 Å². The smallest absolute Gasteiger partial charge is 0.393 e. The molecular formula is C30H37F3N3O2PS. The molecule has 0 unspecified atom stereocenters. The molecule has 1 aliphatic rings. The highest BCUT2D eigenvalue weighted by molar-refractivity contribution is 7.70. The topological polar surface area (TPSA) is 53.6 Å². The van der Waals surface area contributed by atoms with Gasteiger partial charge in [0.15, 0.2) is 0 Å². The molecule has 2 aromatic carbocycles. The van der Waals surface area contributed by atoms with Crippen LogP contribution in [0.1, 0.15) is 36.1 Å². The van der Waals surface area contributed by atoms with E-state index in [4.69, 9.17) is 4.74 Å². The maximum atomic E-state index is 13.6. The molecule has 3 aromatic rings. The fraction of sp³-hybridized carbons (Fsp3) is 0.467. The van der Waals surface area contributed by atoms with Crippen LogP contribution in [0.25, 0.3) is 10.1 Å². The fourth-order valence-corrected chi connectivity index (χ4v) is 7.17. The van der Waals surface area contributed by atoms with E-state index >= 15 is 0 Å². The van der Waals surface area contributed by atoms with Crippen LogP contribution in [-0.4, -0.2) is 64.2 Å². The zero-order chi connectivity index (χ0) is 29.1. The maximum absolute atomic E-state index is 13.6. The van der Waals surface area contributed by atoms with Crippen molar-refractivity contribution in [3.05, 3.63) is 46.8 Å². The van der Waals surface area contributed by atoms with Crippen molar-refractivity contribution in [1.29, 1.82) is 0 Å². The molecule has 0 aliphatic heterocycles. The van der Waals surface area contributed by atoms with E-state index in [0.717, 1.165) is 36.1 Å². The molecule has 0 saturated heterocycles. The zero-order valence-electron chi connectivity index (χ0n) is 23.6. The first-order valence-electron chi connectivity index (χ1n) is 13.4. The van der Waals surface area contributed by atoms with Gasteiger partial charge in [-0.15, -0.1) is 11.3 Å². The van der Waals surface area contributed by atoms with Gasteiger partial charge in [-0.1, -0.05) is 24.0 Å². The maximum Gasteiger partial charge on any atom is 0.393 e. The number of benzene rings is 2. The summed E-state index contributed by atoms with van der Waals surface area (Å²) >= 11 is 1.32. The Hall–Kier alpha value is -2.66. The Kier molecular flexibility index (Phi) is 9.44. The van der Waals surface area contributed by atoms with Gasteiger partial charge in [0.05, 0.1) is 41.0 Å². The number of alkyl halides is 3. The van der Waals surface area contributed by atoms with Gasteiger partial charge in [-0.05, 0) is 88.3 Å². The molecule has 216 valence electrons. The summed E-state index contributed by atoms with van der Waals surface area (Å²) in [6.45, 7) is 3.60. The number of fused-ring (bicyclic) bond motifs is 1. The van der Waals surface area contributed by atoms with Crippen LogP contribution in [0.5, 0.6) is 5.75 Å². The normalized spacial score (nSPS) is 17.9. The Morgan fingerprint density at radius 1 is 1.10 bits per heavy atom. The van der Waals surface area contributed by atoms with Crippen LogP contribution < -0.4 is 20.7 Å². The Morgan fingerprint density at radius 3 is 2.45 bits per heavy atom. The monoisotopic (exact) mass is 591 g/mol. The van der Waals surface area contributed by atoms with E-state index in [1.807, 2.05) is 12.1 Å². The van der Waals surface area contributed by atoms with Crippen molar-refractivity contribution in [3.63, 3.8) is 0 Å². The molecule has 0 atom stereocenters. The molecule has 1 heterocycles. The molecule has 10 heteroatoms. The molecule has 0 bridgehead atoms. The summed E-state index contributed by atoms with van der Waals surface area (Å²) in [5.74, 6) is 6.54. The first-order valence-corrected chi connectivity index (χ1v) is 16.8. The van der Waals surface area contributed by atoms with Crippen LogP contribution in [0.2, 0.25) is 0 Å². The third-order valence-corrected chi connectivity index (χ3v) is 10.1. The van der Waals surface area contributed by atoms with Crippen LogP contribution in [0.3, 0.4) is 0 Å². The Labute approximate surface area is 238 Å². The van der Waals surface area contributed by atoms with Crippen molar-refractivity contribution in [1.82, 2.24) is 4.90 Å². The second-order valence-corrected chi connectivity index (χ2v) is 15.1. The van der Waals surface area contributed by atoms with Crippen molar-refractivity contribution < 1.29 is 22.5 Å². The van der Waals surface area contributed by atoms with E-state index in [0.29, 0.717) is 39.1 Å². The number of methoxy groups -OCH3 is 1. The lowest BCUT2D eigenvalue weighted by atomic mass is 9.90. The summed E-state index contributed by atoms with van der Waals surface area (Å²) in [5.41, 5.74) is 1.78. The second-order valence-electron chi connectivity index (χ2n) is 10.9. The first kappa shape index (κ1) is 30.3. The van der Waals surface area contributed by atoms with Crippen LogP contribution in [-0.2, 0) is 11.0 Å². The lowest BCUT2D eigenvalue weighted by Gasteiger charge is -2.33. The Bertz CT molecular complexity index is 1440. The summed E-state index contributed by atoms with van der Waals surface area (Å²) in [7, 11) is 3.30. The van der Waals surface area contributed by atoms with Crippen molar-refractivity contribution in [2.45, 2.75) is 50.4 Å². The highest BCUT2D eigenvalue weighted by Crippen LogP contribution is 2.40. The molecule has 1 aromatic heterocycles. The van der Waals surface area contributed by atoms with Crippen LogP contribution >= 0.6 is 18.5 Å². The highest BCUT2D eigenvalue weighted by Gasteiger charge is 2.31. The third kappa shape index (κ3) is 7.54. The number of ether oxygens (including phenoxy) is 1. The molecule has 0 spiro atoms. The van der Waals surface area contributed by atoms with Crippen molar-refractivity contribution in [2.75, 3.05) is 51.7 Å². The van der Waals surface area contributed by atoms with Crippen LogP contribution in [0.4, 0.5) is 24.5 Å². The summed E-state index contributed by atoms with van der Waals surface area (Å²) in [4.78, 5) is 2.69. The molecule has 1 aliphatic carbocycles. The number of hydrogen-bond acceptors (Lipinski definition) is 6. The largest absolute Gasteiger partial charge is 0.495 e. The number of halogens is 3. The minimum atomic E-state index is -4.34. The minimum absolute atomic E-state index is 0.214. The van der Waals surface area contributed by atoms with Gasteiger partial charge in [-0.25, -0.2) is 0 Å². The standard InChI is InChI=1S/C30H37F3N3O2PS/c1-36(2)21-13-11-20(12-14-21)35-26-9-6-8-23-24(19-30(31,32)33)28(40-29(23)26)10-7-17-34-25-16-15-22(39(4,5)37)18-27(25)38-3/h6,8-9,15-16,18,20-21,34-35H,11-14,17,19H2,1-5H3. The summed E-state index contributed by atoms with van der Waals surface area (Å²) in [6, 6.07) is 11.7. The lowest BCUT2D eigenvalue weighted by Crippen LogP contribution is -2.36. The molecule has 1 saturated carbocycles. The Morgan fingerprint density at radius 2 is 1.82 bits per heavy atom. The number of thiophene rings is 1. The molecule has 2 N–H and O–H groups in total. The molecule has 0 radical (unpaired) electrons. The van der Waals surface area contributed by atoms with Crippen molar-refractivity contribution in [2.24, 2.45) is 0 Å². The Balaban J connectivity index is 1.57. The van der Waals surface area contributed by atoms with Crippen LogP contribution in [0.15, 0.2) is 36.4 Å². The zero-order valence-corrected chi connectivity index (χ0v) is 25.3. The van der Waals surface area contributed by atoms with Gasteiger partial charge < -0.3 is 24.8 Å². The molecule has 5 nitrogen and oxygen atoms in total. The number of hydrogen-bond donors (Lipinski definition) is 2. The molecule has 0 amide bonds. The quantitative estimate of drug-likeness (QED) is 0.218. The second kappa shape index (κ2) is 12.5. The molecule has 4 rings (SSSR count). The van der Waals surface area contributed by atoms with Gasteiger partial charge in [-0.2, -0.15) is 13.2 Å². The number of nitrogens with zero attached hydrogens (tertiary/aromatic N) is 1. The van der Waals surface area contributed by atoms with Gasteiger partial charge in [0.2, 0.25) is 0 Å². The summed E-state index contributed by atoms with van der Waals surface area (Å²) < 4.78 is 59.5. The summed E-state index contributed by atoms with van der Waals surface area (Å²) in [6.07, 6.45) is -1.13. The lowest BCUT2D eigenvalue weighted by molar-refractivity contribution is -0.126. The average molecular weight is 592 g/mol. The van der Waals surface area contributed by atoms with Crippen molar-refractivity contribution >= 4 is 45.2 Å². The van der Waals surface area contributed by atoms with E-state index in [9.17, 15) is 17.7 Å². The van der Waals surface area contributed by atoms with Gasteiger partial charge in [0, 0.05) is 17.4 Å². The molecular weight excluding hydrogens is 554 g/mol. The third-order valence-electron chi connectivity index (χ3n) is 7.36. The summed E-state index contributed by atoms with van der Waals surface area (Å²) in [5, 5.41) is 8.10. The number of nitrogens with one attached hydrogen (secondary N) is 2. The fourth-order valence-electron chi connectivity index (χ4n) is 5.14.